The molecule has 9 heteroatoms. The number of anilines is 1. The van der Waals surface area contributed by atoms with Gasteiger partial charge in [-0.3, -0.25) is 14.3 Å². The first-order valence-electron chi connectivity index (χ1n) is 9.91. The molecule has 1 amide bonds. The highest BCUT2D eigenvalue weighted by molar-refractivity contribution is 8.00. The molecule has 1 saturated carbocycles. The molecule has 3 heterocycles. The molecule has 8 nitrogen and oxygen atoms in total. The topological polar surface area (TPSA) is 91.2 Å². The standard InChI is InChI=1S/C21H21N5O3S/c1-13(20(27)23-15-4-7-17-18(11-15)29-10-9-28-17)30-21-25-24-19(26(21)16-5-6-16)14-3-2-8-22-12-14/h2-4,7-8,11-13,16H,5-6,9-10H2,1H3,(H,23,27)/t13-/m1/s1. The van der Waals surface area contributed by atoms with Crippen LogP contribution in [0.3, 0.4) is 0 Å². The lowest BCUT2D eigenvalue weighted by molar-refractivity contribution is -0.115. The average molecular weight is 423 g/mol. The molecule has 5 rings (SSSR count). The summed E-state index contributed by atoms with van der Waals surface area (Å²) in [5.74, 6) is 2.04. The number of hydrogen-bond donors (Lipinski definition) is 1. The van der Waals surface area contributed by atoms with Crippen LogP contribution >= 0.6 is 11.8 Å². The minimum absolute atomic E-state index is 0.107. The quantitative estimate of drug-likeness (QED) is 0.606. The van der Waals surface area contributed by atoms with Gasteiger partial charge < -0.3 is 14.8 Å². The molecule has 1 fully saturated rings. The SMILES string of the molecule is C[C@@H](Sc1nnc(-c2cccnc2)n1C1CC1)C(=O)Nc1ccc2c(c1)OCCO2. The fraction of sp³-hybridized carbons (Fsp3) is 0.333. The maximum Gasteiger partial charge on any atom is 0.237 e. The molecule has 0 radical (unpaired) electrons. The Bertz CT molecular complexity index is 1070. The maximum absolute atomic E-state index is 12.8. The molecule has 1 aromatic carbocycles. The zero-order valence-corrected chi connectivity index (χ0v) is 17.3. The van der Waals surface area contributed by atoms with E-state index in [-0.39, 0.29) is 11.2 Å². The number of carbonyl (C=O) groups is 1. The summed E-state index contributed by atoms with van der Waals surface area (Å²) in [5, 5.41) is 12.1. The Morgan fingerprint density at radius 1 is 1.20 bits per heavy atom. The van der Waals surface area contributed by atoms with Crippen molar-refractivity contribution in [2.45, 2.75) is 36.2 Å². The highest BCUT2D eigenvalue weighted by Crippen LogP contribution is 2.41. The van der Waals surface area contributed by atoms with Gasteiger partial charge in [-0.2, -0.15) is 0 Å². The highest BCUT2D eigenvalue weighted by atomic mass is 32.2. The van der Waals surface area contributed by atoms with Crippen LogP contribution in [0.2, 0.25) is 0 Å². The molecule has 154 valence electrons. The Hall–Kier alpha value is -3.07. The van der Waals surface area contributed by atoms with Crippen molar-refractivity contribution in [2.24, 2.45) is 0 Å². The Labute approximate surface area is 178 Å². The van der Waals surface area contributed by atoms with E-state index in [1.165, 1.54) is 11.8 Å². The number of thioether (sulfide) groups is 1. The number of aromatic nitrogens is 4. The fourth-order valence-electron chi connectivity index (χ4n) is 3.29. The van der Waals surface area contributed by atoms with Crippen molar-refractivity contribution in [2.75, 3.05) is 18.5 Å². The van der Waals surface area contributed by atoms with Crippen molar-refractivity contribution < 1.29 is 14.3 Å². The Balaban J connectivity index is 1.31. The lowest BCUT2D eigenvalue weighted by Gasteiger charge is -2.19. The summed E-state index contributed by atoms with van der Waals surface area (Å²) >= 11 is 1.41. The molecule has 2 aliphatic rings. The third kappa shape index (κ3) is 3.85. The van der Waals surface area contributed by atoms with E-state index in [0.29, 0.717) is 36.4 Å². The van der Waals surface area contributed by atoms with Crippen molar-refractivity contribution in [1.29, 1.82) is 0 Å². The smallest absolute Gasteiger partial charge is 0.237 e. The molecule has 1 atom stereocenters. The molecular weight excluding hydrogens is 402 g/mol. The second-order valence-electron chi connectivity index (χ2n) is 7.26. The average Bonchev–Trinajstić information content (AvgIpc) is 3.54. The number of fused-ring (bicyclic) bond motifs is 1. The van der Waals surface area contributed by atoms with E-state index in [2.05, 4.69) is 25.1 Å². The molecule has 0 bridgehead atoms. The van der Waals surface area contributed by atoms with E-state index in [9.17, 15) is 4.79 Å². The number of hydrogen-bond acceptors (Lipinski definition) is 7. The fourth-order valence-corrected chi connectivity index (χ4v) is 4.21. The second kappa shape index (κ2) is 7.98. The minimum Gasteiger partial charge on any atom is -0.486 e. The first kappa shape index (κ1) is 18.9. The molecule has 0 spiro atoms. The largest absolute Gasteiger partial charge is 0.486 e. The van der Waals surface area contributed by atoms with E-state index in [1.807, 2.05) is 31.2 Å². The number of nitrogens with one attached hydrogen (secondary N) is 1. The molecule has 1 aliphatic carbocycles. The van der Waals surface area contributed by atoms with Gasteiger partial charge in [-0.25, -0.2) is 0 Å². The number of ether oxygens (including phenoxy) is 2. The summed E-state index contributed by atoms with van der Waals surface area (Å²) in [4.78, 5) is 17.0. The number of carbonyl (C=O) groups excluding carboxylic acids is 1. The molecule has 2 aromatic heterocycles. The van der Waals surface area contributed by atoms with Gasteiger partial charge in [0.1, 0.15) is 13.2 Å². The number of nitrogens with zero attached hydrogens (tertiary/aromatic N) is 4. The van der Waals surface area contributed by atoms with Crippen LogP contribution in [0.4, 0.5) is 5.69 Å². The Kier molecular flexibility index (Phi) is 5.04. The van der Waals surface area contributed by atoms with Crippen molar-refractivity contribution in [1.82, 2.24) is 19.7 Å². The zero-order valence-electron chi connectivity index (χ0n) is 16.4. The Morgan fingerprint density at radius 3 is 2.80 bits per heavy atom. The van der Waals surface area contributed by atoms with Crippen molar-refractivity contribution in [3.05, 3.63) is 42.7 Å². The van der Waals surface area contributed by atoms with Crippen LogP contribution in [0.25, 0.3) is 11.4 Å². The van der Waals surface area contributed by atoms with Gasteiger partial charge in [0.2, 0.25) is 5.91 Å². The Morgan fingerprint density at radius 2 is 2.03 bits per heavy atom. The van der Waals surface area contributed by atoms with E-state index in [4.69, 9.17) is 9.47 Å². The first-order chi connectivity index (χ1) is 14.7. The molecule has 0 unspecified atom stereocenters. The summed E-state index contributed by atoms with van der Waals surface area (Å²) in [6.45, 7) is 2.91. The third-order valence-electron chi connectivity index (χ3n) is 4.96. The maximum atomic E-state index is 12.8. The van der Waals surface area contributed by atoms with Crippen LogP contribution in [-0.4, -0.2) is 44.1 Å². The summed E-state index contributed by atoms with van der Waals surface area (Å²) < 4.78 is 13.2. The van der Waals surface area contributed by atoms with Crippen molar-refractivity contribution in [3.63, 3.8) is 0 Å². The number of benzene rings is 1. The first-order valence-corrected chi connectivity index (χ1v) is 10.8. The molecular formula is C21H21N5O3S. The van der Waals surface area contributed by atoms with Gasteiger partial charge >= 0.3 is 0 Å². The summed E-state index contributed by atoms with van der Waals surface area (Å²) in [5.41, 5.74) is 1.61. The van der Waals surface area contributed by atoms with Gasteiger partial charge in [0.15, 0.2) is 22.5 Å². The van der Waals surface area contributed by atoms with E-state index in [0.717, 1.165) is 29.4 Å². The normalized spacial score (nSPS) is 16.2. The molecule has 1 aliphatic heterocycles. The lowest BCUT2D eigenvalue weighted by Crippen LogP contribution is -2.23. The van der Waals surface area contributed by atoms with E-state index < -0.39 is 0 Å². The van der Waals surface area contributed by atoms with Crippen LogP contribution in [0.5, 0.6) is 11.5 Å². The predicted octanol–water partition coefficient (Wildman–Crippen LogP) is 3.57. The molecule has 3 aromatic rings. The minimum atomic E-state index is -0.346. The van der Waals surface area contributed by atoms with Crippen molar-refractivity contribution >= 4 is 23.4 Å². The summed E-state index contributed by atoms with van der Waals surface area (Å²) in [6, 6.07) is 9.66. The monoisotopic (exact) mass is 423 g/mol. The van der Waals surface area contributed by atoms with Gasteiger partial charge in [-0.15, -0.1) is 10.2 Å². The van der Waals surface area contributed by atoms with Crippen molar-refractivity contribution in [3.8, 4) is 22.9 Å². The predicted molar refractivity (Wildman–Crippen MR) is 113 cm³/mol. The number of rotatable bonds is 6. The van der Waals surface area contributed by atoms with Gasteiger partial charge in [0.05, 0.1) is 5.25 Å². The number of pyridine rings is 1. The van der Waals surface area contributed by atoms with Crippen LogP contribution in [0.15, 0.2) is 47.9 Å². The number of amides is 1. The van der Waals surface area contributed by atoms with Crippen LogP contribution < -0.4 is 14.8 Å². The van der Waals surface area contributed by atoms with E-state index >= 15 is 0 Å². The second-order valence-corrected chi connectivity index (χ2v) is 8.56. The summed E-state index contributed by atoms with van der Waals surface area (Å²) in [7, 11) is 0. The molecule has 30 heavy (non-hydrogen) atoms. The van der Waals surface area contributed by atoms with Gasteiger partial charge in [-0.05, 0) is 44.0 Å². The van der Waals surface area contributed by atoms with Crippen LogP contribution in [0.1, 0.15) is 25.8 Å². The van der Waals surface area contributed by atoms with Crippen LogP contribution in [0, 0.1) is 0 Å². The summed E-state index contributed by atoms with van der Waals surface area (Å²) in [6.07, 6.45) is 5.71. The van der Waals surface area contributed by atoms with Gasteiger partial charge in [0, 0.05) is 35.8 Å². The van der Waals surface area contributed by atoms with Gasteiger partial charge in [0.25, 0.3) is 0 Å². The lowest BCUT2D eigenvalue weighted by atomic mass is 10.2. The van der Waals surface area contributed by atoms with Crippen LogP contribution in [-0.2, 0) is 4.79 Å². The zero-order chi connectivity index (χ0) is 20.5. The molecule has 1 N–H and O–H groups in total. The molecule has 0 saturated heterocycles. The van der Waals surface area contributed by atoms with E-state index in [1.54, 1.807) is 18.5 Å². The third-order valence-corrected chi connectivity index (χ3v) is 6.01. The highest BCUT2D eigenvalue weighted by Gasteiger charge is 2.31. The van der Waals surface area contributed by atoms with Gasteiger partial charge in [-0.1, -0.05) is 11.8 Å².